The fourth-order valence-corrected chi connectivity index (χ4v) is 3.69. The van der Waals surface area contributed by atoms with Crippen LogP contribution < -0.4 is 10.1 Å². The number of likely N-dealkylation sites (tertiary alicyclic amines) is 1. The maximum Gasteiger partial charge on any atom is 0.271 e. The van der Waals surface area contributed by atoms with Crippen LogP contribution in [0, 0.1) is 5.92 Å². The summed E-state index contributed by atoms with van der Waals surface area (Å²) in [6.45, 7) is 3.52. The molecule has 1 unspecified atom stereocenters. The number of hydrogen-bond donors (Lipinski definition) is 2. The molecular weight excluding hydrogens is 394 g/mol. The smallest absolute Gasteiger partial charge is 0.271 e. The molecule has 1 saturated heterocycles. The number of carbonyl (C=O) groups excluding carboxylic acids is 2. The summed E-state index contributed by atoms with van der Waals surface area (Å²) in [4.78, 5) is 31.4. The van der Waals surface area contributed by atoms with Crippen molar-refractivity contribution in [1.29, 1.82) is 0 Å². The number of pyridine rings is 1. The van der Waals surface area contributed by atoms with Crippen LogP contribution in [0.4, 0.5) is 5.69 Å². The summed E-state index contributed by atoms with van der Waals surface area (Å²) < 4.78 is 5.43. The molecule has 1 aromatic carbocycles. The van der Waals surface area contributed by atoms with E-state index in [-0.39, 0.29) is 17.7 Å². The van der Waals surface area contributed by atoms with E-state index in [1.807, 2.05) is 43.3 Å². The van der Waals surface area contributed by atoms with Gasteiger partial charge in [0, 0.05) is 36.7 Å². The molecule has 0 bridgehead atoms. The Morgan fingerprint density at radius 3 is 2.71 bits per heavy atom. The van der Waals surface area contributed by atoms with Crippen molar-refractivity contribution in [1.82, 2.24) is 20.1 Å². The number of benzene rings is 1. The molecule has 0 aliphatic carbocycles. The lowest BCUT2D eigenvalue weighted by atomic mass is 9.96. The predicted octanol–water partition coefficient (Wildman–Crippen LogP) is 3.36. The van der Waals surface area contributed by atoms with Crippen LogP contribution in [-0.2, 0) is 4.79 Å². The zero-order valence-electron chi connectivity index (χ0n) is 17.4. The van der Waals surface area contributed by atoms with Crippen LogP contribution in [0.5, 0.6) is 5.75 Å². The normalized spacial score (nSPS) is 16.0. The van der Waals surface area contributed by atoms with E-state index in [9.17, 15) is 9.59 Å². The average Bonchev–Trinajstić information content (AvgIpc) is 3.31. The first-order valence-electron chi connectivity index (χ1n) is 10.4. The second-order valence-corrected chi connectivity index (χ2v) is 7.44. The van der Waals surface area contributed by atoms with Gasteiger partial charge in [0.25, 0.3) is 5.91 Å². The minimum atomic E-state index is -0.258. The number of aromatic nitrogens is 3. The monoisotopic (exact) mass is 419 g/mol. The van der Waals surface area contributed by atoms with E-state index in [2.05, 4.69) is 20.5 Å². The first-order valence-corrected chi connectivity index (χ1v) is 10.4. The van der Waals surface area contributed by atoms with Crippen molar-refractivity contribution in [3.63, 3.8) is 0 Å². The third kappa shape index (κ3) is 4.91. The van der Waals surface area contributed by atoms with Gasteiger partial charge in [-0.15, -0.1) is 0 Å². The Morgan fingerprint density at radius 1 is 1.19 bits per heavy atom. The number of ether oxygens (including phenoxy) is 1. The first kappa shape index (κ1) is 20.6. The van der Waals surface area contributed by atoms with Crippen molar-refractivity contribution in [2.24, 2.45) is 5.92 Å². The Kier molecular flexibility index (Phi) is 6.26. The summed E-state index contributed by atoms with van der Waals surface area (Å²) in [6, 6.07) is 12.7. The number of nitrogens with zero attached hydrogens (tertiary/aromatic N) is 3. The fourth-order valence-electron chi connectivity index (χ4n) is 3.69. The summed E-state index contributed by atoms with van der Waals surface area (Å²) in [7, 11) is 0. The third-order valence-corrected chi connectivity index (χ3v) is 5.30. The zero-order valence-corrected chi connectivity index (χ0v) is 17.4. The highest BCUT2D eigenvalue weighted by Gasteiger charge is 2.29. The number of hydrogen-bond acceptors (Lipinski definition) is 5. The molecule has 8 nitrogen and oxygen atoms in total. The molecule has 3 heterocycles. The zero-order chi connectivity index (χ0) is 21.6. The maximum absolute atomic E-state index is 13.0. The van der Waals surface area contributed by atoms with E-state index < -0.39 is 0 Å². The van der Waals surface area contributed by atoms with Gasteiger partial charge in [-0.1, -0.05) is 0 Å². The summed E-state index contributed by atoms with van der Waals surface area (Å²) in [5.74, 6) is 0.280. The molecule has 8 heteroatoms. The lowest BCUT2D eigenvalue weighted by Crippen LogP contribution is -2.43. The number of H-pyrrole nitrogens is 1. The van der Waals surface area contributed by atoms with E-state index >= 15 is 0 Å². The molecule has 1 fully saturated rings. The van der Waals surface area contributed by atoms with E-state index in [4.69, 9.17) is 4.74 Å². The lowest BCUT2D eigenvalue weighted by molar-refractivity contribution is -0.121. The highest BCUT2D eigenvalue weighted by atomic mass is 16.5. The van der Waals surface area contributed by atoms with Crippen molar-refractivity contribution >= 4 is 17.5 Å². The Morgan fingerprint density at radius 2 is 1.97 bits per heavy atom. The molecule has 0 saturated carbocycles. The van der Waals surface area contributed by atoms with Crippen LogP contribution in [0.2, 0.25) is 0 Å². The van der Waals surface area contributed by atoms with Crippen LogP contribution in [0.3, 0.4) is 0 Å². The summed E-state index contributed by atoms with van der Waals surface area (Å²) in [5, 5.41) is 10.0. The third-order valence-electron chi connectivity index (χ3n) is 5.30. The molecule has 3 aromatic rings. The van der Waals surface area contributed by atoms with Crippen molar-refractivity contribution in [2.75, 3.05) is 25.0 Å². The molecule has 1 atom stereocenters. The number of rotatable bonds is 6. The number of amides is 2. The minimum Gasteiger partial charge on any atom is -0.494 e. The molecule has 4 rings (SSSR count). The maximum atomic E-state index is 13.0. The van der Waals surface area contributed by atoms with Crippen LogP contribution in [-0.4, -0.2) is 51.6 Å². The van der Waals surface area contributed by atoms with Crippen molar-refractivity contribution < 1.29 is 14.3 Å². The van der Waals surface area contributed by atoms with Crippen LogP contribution in [0.15, 0.2) is 54.9 Å². The van der Waals surface area contributed by atoms with Crippen molar-refractivity contribution in [2.45, 2.75) is 19.8 Å². The minimum absolute atomic E-state index is 0.0799. The van der Waals surface area contributed by atoms with Crippen molar-refractivity contribution in [3.8, 4) is 17.0 Å². The SMILES string of the molecule is CCOc1ccc(NC(=O)C2CCCN(C(=O)c3cc(-c4ccncc4)n[nH]3)C2)cc1. The van der Waals surface area contributed by atoms with E-state index in [1.54, 1.807) is 23.4 Å². The number of carbonyl (C=O) groups is 2. The Bertz CT molecular complexity index is 1030. The van der Waals surface area contributed by atoms with Crippen LogP contribution in [0.25, 0.3) is 11.3 Å². The highest BCUT2D eigenvalue weighted by molar-refractivity contribution is 5.95. The molecule has 160 valence electrons. The molecule has 0 spiro atoms. The van der Waals surface area contributed by atoms with Gasteiger partial charge < -0.3 is 15.0 Å². The van der Waals surface area contributed by atoms with Gasteiger partial charge in [0.05, 0.1) is 18.2 Å². The standard InChI is InChI=1S/C23H25N5O3/c1-2-31-19-7-5-18(6-8-19)25-22(29)17-4-3-13-28(15-17)23(30)21-14-20(26-27-21)16-9-11-24-12-10-16/h5-12,14,17H,2-4,13,15H2,1H3,(H,25,29)(H,26,27). The predicted molar refractivity (Wildman–Crippen MR) is 117 cm³/mol. The molecule has 0 radical (unpaired) electrons. The molecular formula is C23H25N5O3. The van der Waals surface area contributed by atoms with Crippen LogP contribution in [0.1, 0.15) is 30.3 Å². The molecule has 2 amide bonds. The molecule has 31 heavy (non-hydrogen) atoms. The van der Waals surface area contributed by atoms with Crippen molar-refractivity contribution in [3.05, 3.63) is 60.6 Å². The Labute approximate surface area is 180 Å². The second-order valence-electron chi connectivity index (χ2n) is 7.44. The van der Waals surface area contributed by atoms with Gasteiger partial charge in [-0.25, -0.2) is 0 Å². The summed E-state index contributed by atoms with van der Waals surface area (Å²) in [5.41, 5.74) is 2.70. The fraction of sp³-hybridized carbons (Fsp3) is 0.304. The van der Waals surface area contributed by atoms with Crippen LogP contribution >= 0.6 is 0 Å². The first-order chi connectivity index (χ1) is 15.1. The number of nitrogens with one attached hydrogen (secondary N) is 2. The van der Waals surface area contributed by atoms with Gasteiger partial charge in [-0.3, -0.25) is 19.7 Å². The second kappa shape index (κ2) is 9.42. The topological polar surface area (TPSA) is 100 Å². The van der Waals surface area contributed by atoms with Gasteiger partial charge in [0.15, 0.2) is 0 Å². The van der Waals surface area contributed by atoms with Gasteiger partial charge >= 0.3 is 0 Å². The van der Waals surface area contributed by atoms with E-state index in [0.717, 1.165) is 24.2 Å². The van der Waals surface area contributed by atoms with Gasteiger partial charge in [-0.2, -0.15) is 5.10 Å². The van der Waals surface area contributed by atoms with Gasteiger partial charge in [-0.05, 0) is 62.2 Å². The van der Waals surface area contributed by atoms with Gasteiger partial charge in [0.2, 0.25) is 5.91 Å². The molecule has 1 aliphatic rings. The quantitative estimate of drug-likeness (QED) is 0.638. The average molecular weight is 419 g/mol. The highest BCUT2D eigenvalue weighted by Crippen LogP contribution is 2.23. The summed E-state index contributed by atoms with van der Waals surface area (Å²) in [6.07, 6.45) is 4.89. The largest absolute Gasteiger partial charge is 0.494 e. The molecule has 2 N–H and O–H groups in total. The lowest BCUT2D eigenvalue weighted by Gasteiger charge is -2.31. The number of anilines is 1. The molecule has 1 aliphatic heterocycles. The van der Waals surface area contributed by atoms with E-state index in [1.165, 1.54) is 0 Å². The number of piperidine rings is 1. The molecule has 2 aromatic heterocycles. The Balaban J connectivity index is 1.38. The Hall–Kier alpha value is -3.68. The van der Waals surface area contributed by atoms with Gasteiger partial charge in [0.1, 0.15) is 11.4 Å². The summed E-state index contributed by atoms with van der Waals surface area (Å²) >= 11 is 0. The van der Waals surface area contributed by atoms with E-state index in [0.29, 0.717) is 36.8 Å². The number of aromatic amines is 1.